The van der Waals surface area contributed by atoms with Gasteiger partial charge in [-0.3, -0.25) is 9.69 Å². The number of amides is 2. The van der Waals surface area contributed by atoms with Gasteiger partial charge in [-0.1, -0.05) is 92.7 Å². The van der Waals surface area contributed by atoms with Crippen LogP contribution < -0.4 is 10.6 Å². The number of likely N-dealkylation sites (tertiary alicyclic amines) is 1. The molecule has 1 aliphatic heterocycles. The Morgan fingerprint density at radius 3 is 2.05 bits per heavy atom. The molecule has 3 aromatic carbocycles. The van der Waals surface area contributed by atoms with Crippen molar-refractivity contribution in [3.63, 3.8) is 0 Å². The number of rotatable bonds is 10. The van der Waals surface area contributed by atoms with E-state index in [0.29, 0.717) is 25.9 Å². The Hall–Kier alpha value is -4.17. The van der Waals surface area contributed by atoms with E-state index in [4.69, 9.17) is 4.74 Å². The maximum atomic E-state index is 13.2. The van der Waals surface area contributed by atoms with Crippen molar-refractivity contribution in [3.05, 3.63) is 95.6 Å². The van der Waals surface area contributed by atoms with Crippen molar-refractivity contribution < 1.29 is 24.2 Å². The molecule has 8 nitrogen and oxygen atoms in total. The van der Waals surface area contributed by atoms with E-state index in [9.17, 15) is 19.5 Å². The zero-order valence-electron chi connectivity index (χ0n) is 24.2. The van der Waals surface area contributed by atoms with Crippen molar-refractivity contribution in [3.8, 4) is 11.1 Å². The minimum atomic E-state index is -1.32. The molecule has 0 spiro atoms. The van der Waals surface area contributed by atoms with Crippen LogP contribution in [0.4, 0.5) is 4.79 Å². The lowest BCUT2D eigenvalue weighted by Crippen LogP contribution is -2.60. The van der Waals surface area contributed by atoms with Gasteiger partial charge >= 0.3 is 12.1 Å². The predicted molar refractivity (Wildman–Crippen MR) is 161 cm³/mol. The molecule has 0 radical (unpaired) electrons. The van der Waals surface area contributed by atoms with Crippen LogP contribution in [0.5, 0.6) is 0 Å². The number of aliphatic carboxylic acids is 1. The quantitative estimate of drug-likeness (QED) is 0.311. The highest BCUT2D eigenvalue weighted by atomic mass is 16.5. The van der Waals surface area contributed by atoms with Crippen molar-refractivity contribution in [1.82, 2.24) is 15.5 Å². The van der Waals surface area contributed by atoms with Crippen LogP contribution >= 0.6 is 0 Å². The molecule has 1 fully saturated rings. The van der Waals surface area contributed by atoms with Gasteiger partial charge in [0.2, 0.25) is 5.91 Å². The fourth-order valence-corrected chi connectivity index (χ4v) is 6.09. The average molecular weight is 570 g/mol. The monoisotopic (exact) mass is 569 g/mol. The van der Waals surface area contributed by atoms with Crippen LogP contribution in [0, 0.1) is 5.92 Å². The number of hydrogen-bond acceptors (Lipinski definition) is 5. The number of hydrogen-bond donors (Lipinski definition) is 3. The van der Waals surface area contributed by atoms with Gasteiger partial charge in [-0.2, -0.15) is 0 Å². The minimum Gasteiger partial charge on any atom is -0.480 e. The number of carbonyl (C=O) groups is 3. The summed E-state index contributed by atoms with van der Waals surface area (Å²) in [5.74, 6) is -1.55. The van der Waals surface area contributed by atoms with Gasteiger partial charge < -0.3 is 20.5 Å². The molecule has 220 valence electrons. The number of ether oxygens (including phenoxy) is 1. The zero-order valence-corrected chi connectivity index (χ0v) is 24.2. The van der Waals surface area contributed by atoms with Crippen LogP contribution in [0.1, 0.15) is 55.7 Å². The first-order chi connectivity index (χ1) is 20.3. The Balaban J connectivity index is 1.15. The van der Waals surface area contributed by atoms with E-state index >= 15 is 0 Å². The molecule has 2 aliphatic rings. The highest BCUT2D eigenvalue weighted by molar-refractivity contribution is 5.87. The minimum absolute atomic E-state index is 0.0371. The molecule has 5 rings (SSSR count). The molecule has 0 unspecified atom stereocenters. The first-order valence-electron chi connectivity index (χ1n) is 14.7. The summed E-state index contributed by atoms with van der Waals surface area (Å²) in [6, 6.07) is 25.8. The molecule has 3 aromatic rings. The number of nitrogens with zero attached hydrogens (tertiary/aromatic N) is 1. The first kappa shape index (κ1) is 29.3. The Labute approximate surface area is 247 Å². The SMILES string of the molecule is CC(C)[C@@H](CC(=O)NC1(C(=O)O)CCN(Cc2ccccc2)CC1)NC(=O)OCC1c2ccccc2-c2ccccc21. The lowest BCUT2D eigenvalue weighted by molar-refractivity contribution is -0.150. The number of nitrogens with one attached hydrogen (secondary N) is 2. The smallest absolute Gasteiger partial charge is 0.407 e. The van der Waals surface area contributed by atoms with Crippen LogP contribution in [-0.2, 0) is 20.9 Å². The molecular formula is C34H39N3O5. The molecule has 0 bridgehead atoms. The maximum absolute atomic E-state index is 13.2. The van der Waals surface area contributed by atoms with Crippen molar-refractivity contribution in [2.75, 3.05) is 19.7 Å². The van der Waals surface area contributed by atoms with Gasteiger partial charge in [-0.15, -0.1) is 0 Å². The Morgan fingerprint density at radius 1 is 0.905 bits per heavy atom. The molecule has 3 N–H and O–H groups in total. The third-order valence-corrected chi connectivity index (χ3v) is 8.60. The van der Waals surface area contributed by atoms with Crippen LogP contribution in [0.25, 0.3) is 11.1 Å². The van der Waals surface area contributed by atoms with Crippen molar-refractivity contribution in [2.45, 2.75) is 57.2 Å². The summed E-state index contributed by atoms with van der Waals surface area (Å²) in [5.41, 5.74) is 4.40. The van der Waals surface area contributed by atoms with E-state index in [1.54, 1.807) is 0 Å². The average Bonchev–Trinajstić information content (AvgIpc) is 3.31. The number of carbonyl (C=O) groups excluding carboxylic acids is 2. The van der Waals surface area contributed by atoms with E-state index in [0.717, 1.165) is 28.8 Å². The summed E-state index contributed by atoms with van der Waals surface area (Å²) in [4.78, 5) is 40.6. The predicted octanol–water partition coefficient (Wildman–Crippen LogP) is 5.18. The Bertz CT molecular complexity index is 1370. The Kier molecular flexibility index (Phi) is 8.92. The topological polar surface area (TPSA) is 108 Å². The second kappa shape index (κ2) is 12.8. The highest BCUT2D eigenvalue weighted by Crippen LogP contribution is 2.44. The van der Waals surface area contributed by atoms with Gasteiger partial charge in [0.15, 0.2) is 0 Å². The standard InChI is InChI=1S/C34H39N3O5/c1-23(2)30(35-33(41)42-22-29-27-14-8-6-12-25(27)26-13-7-9-15-28(26)29)20-31(38)36-34(32(39)40)16-18-37(19-17-34)21-24-10-4-3-5-11-24/h3-15,23,29-30H,16-22H2,1-2H3,(H,35,41)(H,36,38)(H,39,40)/t30-/m1/s1. The van der Waals surface area contributed by atoms with Gasteiger partial charge in [0.25, 0.3) is 0 Å². The molecule has 0 saturated carbocycles. The molecule has 0 aromatic heterocycles. The van der Waals surface area contributed by atoms with Gasteiger partial charge in [0, 0.05) is 38.0 Å². The second-order valence-electron chi connectivity index (χ2n) is 11.7. The molecular weight excluding hydrogens is 530 g/mol. The van der Waals surface area contributed by atoms with Gasteiger partial charge in [-0.25, -0.2) is 9.59 Å². The van der Waals surface area contributed by atoms with E-state index in [1.807, 2.05) is 56.3 Å². The van der Waals surface area contributed by atoms with Crippen molar-refractivity contribution in [2.24, 2.45) is 5.92 Å². The van der Waals surface area contributed by atoms with E-state index < -0.39 is 29.6 Å². The third-order valence-electron chi connectivity index (χ3n) is 8.60. The normalized spacial score (nSPS) is 16.7. The molecule has 1 aliphatic carbocycles. The fraction of sp³-hybridized carbons (Fsp3) is 0.382. The van der Waals surface area contributed by atoms with E-state index in [2.05, 4.69) is 51.9 Å². The van der Waals surface area contributed by atoms with Crippen molar-refractivity contribution in [1.29, 1.82) is 0 Å². The Morgan fingerprint density at radius 2 is 1.48 bits per heavy atom. The summed E-state index contributed by atoms with van der Waals surface area (Å²) in [6.45, 7) is 5.87. The van der Waals surface area contributed by atoms with Gasteiger partial charge in [-0.05, 0) is 46.6 Å². The van der Waals surface area contributed by atoms with Gasteiger partial charge in [0.05, 0.1) is 0 Å². The third kappa shape index (κ3) is 6.49. The molecule has 8 heteroatoms. The fourth-order valence-electron chi connectivity index (χ4n) is 6.09. The number of fused-ring (bicyclic) bond motifs is 3. The summed E-state index contributed by atoms with van der Waals surface area (Å²) in [7, 11) is 0. The second-order valence-corrected chi connectivity index (χ2v) is 11.7. The molecule has 1 atom stereocenters. The van der Waals surface area contributed by atoms with Crippen LogP contribution in [-0.4, -0.2) is 59.3 Å². The lowest BCUT2D eigenvalue weighted by Gasteiger charge is -2.39. The number of carboxylic acids is 1. The first-order valence-corrected chi connectivity index (χ1v) is 14.7. The largest absolute Gasteiger partial charge is 0.480 e. The summed E-state index contributed by atoms with van der Waals surface area (Å²) in [5, 5.41) is 15.8. The maximum Gasteiger partial charge on any atom is 0.407 e. The lowest BCUT2D eigenvalue weighted by atomic mass is 9.86. The molecule has 1 heterocycles. The molecule has 42 heavy (non-hydrogen) atoms. The highest BCUT2D eigenvalue weighted by Gasteiger charge is 2.43. The number of alkyl carbamates (subject to hydrolysis) is 1. The summed E-state index contributed by atoms with van der Waals surface area (Å²) < 4.78 is 5.69. The summed E-state index contributed by atoms with van der Waals surface area (Å²) in [6.07, 6.45) is -0.00407. The van der Waals surface area contributed by atoms with Gasteiger partial charge in [0.1, 0.15) is 12.1 Å². The number of piperidine rings is 1. The van der Waals surface area contributed by atoms with Crippen LogP contribution in [0.3, 0.4) is 0 Å². The molecule has 1 saturated heterocycles. The van der Waals surface area contributed by atoms with Crippen molar-refractivity contribution >= 4 is 18.0 Å². The molecule has 2 amide bonds. The zero-order chi connectivity index (χ0) is 29.7. The van der Waals surface area contributed by atoms with Crippen LogP contribution in [0.2, 0.25) is 0 Å². The van der Waals surface area contributed by atoms with E-state index in [-0.39, 0.29) is 24.9 Å². The van der Waals surface area contributed by atoms with E-state index in [1.165, 1.54) is 5.56 Å². The van der Waals surface area contributed by atoms with Crippen LogP contribution in [0.15, 0.2) is 78.9 Å². The summed E-state index contributed by atoms with van der Waals surface area (Å²) >= 11 is 0. The number of carboxylic acid groups (broad SMARTS) is 1. The number of benzene rings is 3.